The normalized spacial score (nSPS) is 19.4. The molecule has 1 aliphatic heterocycles. The highest BCUT2D eigenvalue weighted by Crippen LogP contribution is 2.33. The second-order valence-corrected chi connectivity index (χ2v) is 7.02. The van der Waals surface area contributed by atoms with Gasteiger partial charge in [-0.25, -0.2) is 4.79 Å². The Labute approximate surface area is 112 Å². The van der Waals surface area contributed by atoms with Crippen molar-refractivity contribution < 1.29 is 14.4 Å². The Morgan fingerprint density at radius 2 is 2.11 bits per heavy atom. The molecule has 1 aromatic heterocycles. The average Bonchev–Trinajstić information content (AvgIpc) is 2.50. The molecule has 1 atom stereocenters. The van der Waals surface area contributed by atoms with Gasteiger partial charge in [-0.2, -0.15) is 0 Å². The van der Waals surface area contributed by atoms with Gasteiger partial charge in [-0.05, 0) is 26.3 Å². The van der Waals surface area contributed by atoms with Crippen LogP contribution in [0.5, 0.6) is 0 Å². The molecule has 5 heteroatoms. The number of anilines is 1. The molecule has 1 aromatic rings. The molecule has 2 rings (SSSR count). The number of hydrogen-bond acceptors (Lipinski definition) is 4. The van der Waals surface area contributed by atoms with Crippen molar-refractivity contribution in [1.82, 2.24) is 0 Å². The number of carbonyl (C=O) groups excluding carboxylic acids is 1. The van der Waals surface area contributed by atoms with Gasteiger partial charge in [0, 0.05) is 6.42 Å². The van der Waals surface area contributed by atoms with Crippen LogP contribution in [-0.4, -0.2) is 25.2 Å². The quantitative estimate of drug-likeness (QED) is 0.743. The largest absolute Gasteiger partial charge is 0.456 e. The SMILES string of the molecule is C[NH+]1CCc2c(sc(N)c2C(=O)OC(C)(C)C)C1. The van der Waals surface area contributed by atoms with E-state index in [4.69, 9.17) is 10.5 Å². The number of ether oxygens (including phenoxy) is 1. The predicted molar refractivity (Wildman–Crippen MR) is 73.1 cm³/mol. The molecule has 0 saturated heterocycles. The predicted octanol–water partition coefficient (Wildman–Crippen LogP) is 0.856. The van der Waals surface area contributed by atoms with Crippen LogP contribution in [0.15, 0.2) is 0 Å². The number of quaternary nitrogens is 1. The number of esters is 1. The van der Waals surface area contributed by atoms with E-state index in [1.54, 1.807) is 0 Å². The number of nitrogens with two attached hydrogens (primary N) is 1. The molecule has 0 radical (unpaired) electrons. The van der Waals surface area contributed by atoms with Crippen molar-refractivity contribution in [3.8, 4) is 0 Å². The summed E-state index contributed by atoms with van der Waals surface area (Å²) in [5, 5.41) is 0.601. The standard InChI is InChI=1S/C13H20N2O2S/c1-13(2,3)17-12(16)10-8-5-6-15(4)7-9(8)18-11(10)14/h5-7,14H2,1-4H3/p+1. The third kappa shape index (κ3) is 2.67. The number of thiophene rings is 1. The van der Waals surface area contributed by atoms with E-state index in [1.807, 2.05) is 20.8 Å². The van der Waals surface area contributed by atoms with Crippen molar-refractivity contribution in [1.29, 1.82) is 0 Å². The van der Waals surface area contributed by atoms with Gasteiger partial charge in [0.15, 0.2) is 0 Å². The molecule has 18 heavy (non-hydrogen) atoms. The highest BCUT2D eigenvalue weighted by Gasteiger charge is 2.30. The number of hydrogen-bond donors (Lipinski definition) is 2. The third-order valence-electron chi connectivity index (χ3n) is 2.99. The van der Waals surface area contributed by atoms with Gasteiger partial charge in [0.2, 0.25) is 0 Å². The molecule has 0 aliphatic carbocycles. The fourth-order valence-corrected chi connectivity index (χ4v) is 3.41. The number of likely N-dealkylation sites (N-methyl/N-ethyl adjacent to an activating group) is 1. The molecule has 0 bridgehead atoms. The summed E-state index contributed by atoms with van der Waals surface area (Å²) in [5.41, 5.74) is 7.23. The molecule has 100 valence electrons. The van der Waals surface area contributed by atoms with E-state index >= 15 is 0 Å². The molecule has 1 unspecified atom stereocenters. The van der Waals surface area contributed by atoms with Crippen LogP contribution in [0.25, 0.3) is 0 Å². The highest BCUT2D eigenvalue weighted by molar-refractivity contribution is 7.16. The van der Waals surface area contributed by atoms with E-state index < -0.39 is 5.60 Å². The Bertz CT molecular complexity index is 474. The molecule has 0 aromatic carbocycles. The monoisotopic (exact) mass is 269 g/mol. The first kappa shape index (κ1) is 13.4. The van der Waals surface area contributed by atoms with Gasteiger partial charge >= 0.3 is 5.97 Å². The van der Waals surface area contributed by atoms with E-state index in [0.717, 1.165) is 25.1 Å². The maximum atomic E-state index is 12.2. The van der Waals surface area contributed by atoms with Gasteiger partial charge in [0.25, 0.3) is 0 Å². The minimum Gasteiger partial charge on any atom is -0.456 e. The van der Waals surface area contributed by atoms with Crippen molar-refractivity contribution >= 4 is 22.3 Å². The molecule has 1 aliphatic rings. The van der Waals surface area contributed by atoms with Gasteiger partial charge in [0.05, 0.1) is 24.0 Å². The first-order valence-electron chi connectivity index (χ1n) is 6.22. The van der Waals surface area contributed by atoms with Gasteiger partial charge in [-0.1, -0.05) is 0 Å². The van der Waals surface area contributed by atoms with Crippen molar-refractivity contribution in [2.75, 3.05) is 19.3 Å². The number of nitrogen functional groups attached to an aromatic ring is 1. The summed E-state index contributed by atoms with van der Waals surface area (Å²) in [4.78, 5) is 14.9. The number of rotatable bonds is 1. The molecule has 3 N–H and O–H groups in total. The fourth-order valence-electron chi connectivity index (χ4n) is 2.19. The number of carbonyl (C=O) groups is 1. The third-order valence-corrected chi connectivity index (χ3v) is 4.05. The lowest BCUT2D eigenvalue weighted by molar-refractivity contribution is -0.895. The van der Waals surface area contributed by atoms with Gasteiger partial charge in [0.1, 0.15) is 17.1 Å². The van der Waals surface area contributed by atoms with Crippen LogP contribution >= 0.6 is 11.3 Å². The van der Waals surface area contributed by atoms with E-state index in [0.29, 0.717) is 10.6 Å². The lowest BCUT2D eigenvalue weighted by Crippen LogP contribution is -3.08. The Hall–Kier alpha value is -1.07. The zero-order chi connectivity index (χ0) is 13.5. The summed E-state index contributed by atoms with van der Waals surface area (Å²) in [7, 11) is 2.16. The van der Waals surface area contributed by atoms with E-state index in [1.165, 1.54) is 21.1 Å². The fraction of sp³-hybridized carbons (Fsp3) is 0.615. The van der Waals surface area contributed by atoms with Crippen LogP contribution in [0, 0.1) is 0 Å². The van der Waals surface area contributed by atoms with Gasteiger partial charge < -0.3 is 15.4 Å². The summed E-state index contributed by atoms with van der Waals surface area (Å²) < 4.78 is 5.44. The van der Waals surface area contributed by atoms with Crippen LogP contribution in [0.3, 0.4) is 0 Å². The minimum atomic E-state index is -0.477. The maximum Gasteiger partial charge on any atom is 0.341 e. The lowest BCUT2D eigenvalue weighted by Gasteiger charge is -2.22. The van der Waals surface area contributed by atoms with Crippen LogP contribution in [0.1, 0.15) is 41.6 Å². The summed E-state index contributed by atoms with van der Waals surface area (Å²) in [6.45, 7) is 7.61. The summed E-state index contributed by atoms with van der Waals surface area (Å²) in [5.74, 6) is -0.281. The highest BCUT2D eigenvalue weighted by atomic mass is 32.1. The smallest absolute Gasteiger partial charge is 0.341 e. The summed E-state index contributed by atoms with van der Waals surface area (Å²) in [6.07, 6.45) is 0.906. The Morgan fingerprint density at radius 1 is 1.44 bits per heavy atom. The molecule has 4 nitrogen and oxygen atoms in total. The maximum absolute atomic E-state index is 12.2. The molecule has 0 amide bonds. The molecule has 0 saturated carbocycles. The number of fused-ring (bicyclic) bond motifs is 1. The van der Waals surface area contributed by atoms with Crippen molar-refractivity contribution in [3.05, 3.63) is 16.0 Å². The van der Waals surface area contributed by atoms with Crippen LogP contribution in [-0.2, 0) is 17.7 Å². The Balaban J connectivity index is 2.31. The van der Waals surface area contributed by atoms with Crippen LogP contribution < -0.4 is 10.6 Å². The molecular weight excluding hydrogens is 248 g/mol. The first-order chi connectivity index (χ1) is 8.28. The van der Waals surface area contributed by atoms with Crippen LogP contribution in [0.2, 0.25) is 0 Å². The molecular formula is C13H21N2O2S+. The van der Waals surface area contributed by atoms with Gasteiger partial charge in [-0.15, -0.1) is 11.3 Å². The average molecular weight is 269 g/mol. The van der Waals surface area contributed by atoms with Crippen molar-refractivity contribution in [3.63, 3.8) is 0 Å². The van der Waals surface area contributed by atoms with Crippen molar-refractivity contribution in [2.45, 2.75) is 39.3 Å². The lowest BCUT2D eigenvalue weighted by atomic mass is 10.0. The minimum absolute atomic E-state index is 0.281. The first-order valence-corrected chi connectivity index (χ1v) is 7.04. The molecule has 2 heterocycles. The van der Waals surface area contributed by atoms with E-state index in [9.17, 15) is 4.79 Å². The summed E-state index contributed by atoms with van der Waals surface area (Å²) >= 11 is 1.53. The Kier molecular flexibility index (Phi) is 3.38. The number of nitrogens with one attached hydrogen (secondary N) is 1. The molecule has 0 fully saturated rings. The van der Waals surface area contributed by atoms with Crippen molar-refractivity contribution in [2.24, 2.45) is 0 Å². The van der Waals surface area contributed by atoms with Gasteiger partial charge in [-0.3, -0.25) is 0 Å². The second kappa shape index (κ2) is 4.55. The summed E-state index contributed by atoms with van der Waals surface area (Å²) in [6, 6.07) is 0. The zero-order valence-electron chi connectivity index (χ0n) is 11.4. The van der Waals surface area contributed by atoms with Crippen LogP contribution in [0.4, 0.5) is 5.00 Å². The van der Waals surface area contributed by atoms with E-state index in [2.05, 4.69) is 7.05 Å². The molecule has 0 spiro atoms. The second-order valence-electron chi connectivity index (χ2n) is 5.88. The topological polar surface area (TPSA) is 56.8 Å². The van der Waals surface area contributed by atoms with E-state index in [-0.39, 0.29) is 5.97 Å². The zero-order valence-corrected chi connectivity index (χ0v) is 12.2. The Morgan fingerprint density at radius 3 is 2.72 bits per heavy atom.